The molecule has 1 atom stereocenters. The zero-order valence-electron chi connectivity index (χ0n) is 17.6. The highest BCUT2D eigenvalue weighted by Gasteiger charge is 2.53. The average molecular weight is 422 g/mol. The molecule has 0 bridgehead atoms. The van der Waals surface area contributed by atoms with Gasteiger partial charge >= 0.3 is 0 Å². The lowest BCUT2D eigenvalue weighted by Crippen LogP contribution is -2.46. The van der Waals surface area contributed by atoms with E-state index in [0.717, 1.165) is 37.7 Å². The van der Waals surface area contributed by atoms with Crippen LogP contribution in [0.25, 0.3) is 0 Å². The van der Waals surface area contributed by atoms with Crippen LogP contribution in [0.3, 0.4) is 0 Å². The smallest absolute Gasteiger partial charge is 0.265 e. The minimum absolute atomic E-state index is 0.00733. The summed E-state index contributed by atoms with van der Waals surface area (Å²) in [5.41, 5.74) is 0.780. The highest BCUT2D eigenvalue weighted by molar-refractivity contribution is 6.02. The molecule has 1 unspecified atom stereocenters. The number of amides is 2. The van der Waals surface area contributed by atoms with Crippen molar-refractivity contribution >= 4 is 17.5 Å². The second-order valence-corrected chi connectivity index (χ2v) is 9.56. The Hall–Kier alpha value is -2.90. The maximum Gasteiger partial charge on any atom is 0.265 e. The number of likely N-dealkylation sites (tertiary alicyclic amines) is 1. The maximum absolute atomic E-state index is 13.3. The molecule has 6 rings (SSSR count). The second kappa shape index (κ2) is 7.07. The second-order valence-electron chi connectivity index (χ2n) is 9.56. The van der Waals surface area contributed by atoms with Crippen molar-refractivity contribution < 1.29 is 14.3 Å². The molecule has 8 heteroatoms. The van der Waals surface area contributed by atoms with Crippen molar-refractivity contribution in [3.8, 4) is 5.75 Å². The van der Waals surface area contributed by atoms with Crippen LogP contribution in [0.2, 0.25) is 0 Å². The van der Waals surface area contributed by atoms with Gasteiger partial charge in [0.2, 0.25) is 5.91 Å². The summed E-state index contributed by atoms with van der Waals surface area (Å²) in [7, 11) is 0. The number of ether oxygens (including phenoxy) is 1. The van der Waals surface area contributed by atoms with Crippen LogP contribution in [0.5, 0.6) is 5.75 Å². The van der Waals surface area contributed by atoms with E-state index >= 15 is 0 Å². The minimum atomic E-state index is -0.176. The third-order valence-electron chi connectivity index (χ3n) is 7.56. The summed E-state index contributed by atoms with van der Waals surface area (Å²) in [5, 5.41) is 8.71. The lowest BCUT2D eigenvalue weighted by Gasteiger charge is -2.42. The highest BCUT2D eigenvalue weighted by atomic mass is 16.5. The molecule has 2 aliphatic carbocycles. The first-order chi connectivity index (χ1) is 15.1. The van der Waals surface area contributed by atoms with Crippen LogP contribution in [-0.4, -0.2) is 57.7 Å². The van der Waals surface area contributed by atoms with Crippen molar-refractivity contribution in [2.24, 2.45) is 11.3 Å². The van der Waals surface area contributed by atoms with Gasteiger partial charge in [-0.15, -0.1) is 10.2 Å². The van der Waals surface area contributed by atoms with Gasteiger partial charge in [0.1, 0.15) is 24.4 Å². The number of carbonyl (C=O) groups excluding carboxylic acids is 2. The molecular weight excluding hydrogens is 394 g/mol. The number of para-hydroxylation sites is 2. The fraction of sp³-hybridized carbons (Fsp3) is 0.565. The zero-order chi connectivity index (χ0) is 21.0. The summed E-state index contributed by atoms with van der Waals surface area (Å²) in [6, 6.07) is 7.40. The van der Waals surface area contributed by atoms with E-state index in [1.165, 1.54) is 19.3 Å². The Labute approximate surface area is 181 Å². The molecule has 162 valence electrons. The molecule has 3 fully saturated rings. The molecule has 2 saturated carbocycles. The van der Waals surface area contributed by atoms with Gasteiger partial charge in [-0.1, -0.05) is 18.6 Å². The summed E-state index contributed by atoms with van der Waals surface area (Å²) >= 11 is 0. The normalized spacial score (nSPS) is 24.1. The highest BCUT2D eigenvalue weighted by Crippen LogP contribution is 2.55. The number of hydrogen-bond donors (Lipinski definition) is 0. The van der Waals surface area contributed by atoms with Crippen LogP contribution in [-0.2, 0) is 16.1 Å². The minimum Gasteiger partial charge on any atom is -0.482 e. The molecule has 2 aromatic rings. The van der Waals surface area contributed by atoms with Crippen LogP contribution in [0.15, 0.2) is 30.6 Å². The van der Waals surface area contributed by atoms with E-state index in [1.807, 2.05) is 35.5 Å². The standard InChI is InChI=1S/C23H27N5O3/c29-20(12-28-18-4-1-2-5-19(18)31-13-21(28)30)26-11-17(23(14-26)8-3-9-23)22-25-24-15-27(22)10-16-6-7-16/h1-2,4-5,15-17H,3,6-14H2. The molecule has 1 spiro atoms. The Bertz CT molecular complexity index is 1030. The average Bonchev–Trinajstić information content (AvgIpc) is 3.29. The Balaban J connectivity index is 1.22. The zero-order valence-corrected chi connectivity index (χ0v) is 17.6. The molecule has 3 heterocycles. The van der Waals surface area contributed by atoms with Crippen LogP contribution in [0.4, 0.5) is 5.69 Å². The van der Waals surface area contributed by atoms with Crippen molar-refractivity contribution in [2.75, 3.05) is 31.1 Å². The van der Waals surface area contributed by atoms with Gasteiger partial charge in [0.25, 0.3) is 5.91 Å². The van der Waals surface area contributed by atoms with Crippen molar-refractivity contribution in [1.29, 1.82) is 0 Å². The number of hydrogen-bond acceptors (Lipinski definition) is 5. The first-order valence-corrected chi connectivity index (χ1v) is 11.3. The van der Waals surface area contributed by atoms with Crippen molar-refractivity contribution in [1.82, 2.24) is 19.7 Å². The topological polar surface area (TPSA) is 80.6 Å². The number of carbonyl (C=O) groups is 2. The van der Waals surface area contributed by atoms with Gasteiger partial charge in [0, 0.05) is 25.6 Å². The molecule has 8 nitrogen and oxygen atoms in total. The van der Waals surface area contributed by atoms with Crippen molar-refractivity contribution in [3.63, 3.8) is 0 Å². The summed E-state index contributed by atoms with van der Waals surface area (Å²) in [6.45, 7) is 2.41. The predicted octanol–water partition coefficient (Wildman–Crippen LogP) is 2.21. The molecule has 31 heavy (non-hydrogen) atoms. The van der Waals surface area contributed by atoms with Crippen molar-refractivity contribution in [3.05, 3.63) is 36.4 Å². The van der Waals surface area contributed by atoms with Crippen LogP contribution < -0.4 is 9.64 Å². The Morgan fingerprint density at radius 1 is 1.23 bits per heavy atom. The van der Waals surface area contributed by atoms with Crippen molar-refractivity contribution in [2.45, 2.75) is 44.6 Å². The number of benzene rings is 1. The van der Waals surface area contributed by atoms with E-state index < -0.39 is 0 Å². The lowest BCUT2D eigenvalue weighted by atomic mass is 9.62. The molecule has 2 amide bonds. The third kappa shape index (κ3) is 3.20. The number of fused-ring (bicyclic) bond motifs is 1. The summed E-state index contributed by atoms with van der Waals surface area (Å²) in [5.74, 6) is 2.47. The van der Waals surface area contributed by atoms with E-state index in [2.05, 4.69) is 14.8 Å². The first kappa shape index (κ1) is 18.8. The van der Waals surface area contributed by atoms with Gasteiger partial charge in [-0.25, -0.2) is 0 Å². The monoisotopic (exact) mass is 421 g/mol. The maximum atomic E-state index is 13.3. The van der Waals surface area contributed by atoms with Gasteiger partial charge in [-0.05, 0) is 49.1 Å². The SMILES string of the molecule is O=C(CN1C(=O)COc2ccccc21)N1CC(c2nncn2CC2CC2)C2(CCC2)C1. The van der Waals surface area contributed by atoms with Gasteiger partial charge in [0.15, 0.2) is 6.61 Å². The Morgan fingerprint density at radius 3 is 2.84 bits per heavy atom. The third-order valence-corrected chi connectivity index (χ3v) is 7.56. The Kier molecular flexibility index (Phi) is 4.30. The van der Waals surface area contributed by atoms with E-state index in [-0.39, 0.29) is 36.3 Å². The number of aromatic nitrogens is 3. The molecule has 4 aliphatic rings. The van der Waals surface area contributed by atoms with Gasteiger partial charge in [-0.3, -0.25) is 14.5 Å². The van der Waals surface area contributed by atoms with Crippen LogP contribution in [0.1, 0.15) is 43.8 Å². The van der Waals surface area contributed by atoms with Gasteiger partial charge in [-0.2, -0.15) is 0 Å². The largest absolute Gasteiger partial charge is 0.482 e. The van der Waals surface area contributed by atoms with Crippen LogP contribution in [0, 0.1) is 11.3 Å². The molecular formula is C23H27N5O3. The quantitative estimate of drug-likeness (QED) is 0.740. The Morgan fingerprint density at radius 2 is 2.06 bits per heavy atom. The number of nitrogens with zero attached hydrogens (tertiary/aromatic N) is 5. The van der Waals surface area contributed by atoms with E-state index in [4.69, 9.17) is 4.74 Å². The van der Waals surface area contributed by atoms with E-state index in [9.17, 15) is 9.59 Å². The fourth-order valence-electron chi connectivity index (χ4n) is 5.47. The summed E-state index contributed by atoms with van der Waals surface area (Å²) < 4.78 is 7.73. The fourth-order valence-corrected chi connectivity index (χ4v) is 5.47. The molecule has 2 aliphatic heterocycles. The van der Waals surface area contributed by atoms with Gasteiger partial charge < -0.3 is 14.2 Å². The summed E-state index contributed by atoms with van der Waals surface area (Å²) in [6.07, 6.45) is 7.87. The van der Waals surface area contributed by atoms with Gasteiger partial charge in [0.05, 0.1) is 5.69 Å². The van der Waals surface area contributed by atoms with Crippen LogP contribution >= 0.6 is 0 Å². The number of rotatable bonds is 5. The first-order valence-electron chi connectivity index (χ1n) is 11.3. The van der Waals surface area contributed by atoms with E-state index in [1.54, 1.807) is 4.90 Å². The molecule has 1 aromatic heterocycles. The lowest BCUT2D eigenvalue weighted by molar-refractivity contribution is -0.131. The molecule has 1 aromatic carbocycles. The van der Waals surface area contributed by atoms with E-state index in [0.29, 0.717) is 18.0 Å². The molecule has 1 saturated heterocycles. The summed E-state index contributed by atoms with van der Waals surface area (Å²) in [4.78, 5) is 29.4. The number of anilines is 1. The molecule has 0 radical (unpaired) electrons. The predicted molar refractivity (Wildman–Crippen MR) is 113 cm³/mol. The molecule has 0 N–H and O–H groups in total.